The molecule has 3 heterocycles. The summed E-state index contributed by atoms with van der Waals surface area (Å²) in [6.07, 6.45) is 6.93. The molecule has 1 aliphatic rings. The van der Waals surface area contributed by atoms with Crippen LogP contribution in [0.4, 0.5) is 0 Å². The molecule has 0 bridgehead atoms. The summed E-state index contributed by atoms with van der Waals surface area (Å²) >= 11 is 0. The van der Waals surface area contributed by atoms with Crippen LogP contribution in [-0.4, -0.2) is 40.8 Å². The largest absolute Gasteiger partial charge is 0.380 e. The Hall–Kier alpha value is -2.17. The van der Waals surface area contributed by atoms with Crippen LogP contribution in [0, 0.1) is 5.92 Å². The number of aryl methyl sites for hydroxylation is 1. The molecule has 1 aromatic carbocycles. The van der Waals surface area contributed by atoms with E-state index in [1.807, 2.05) is 12.4 Å². The number of aromatic nitrogens is 2. The zero-order valence-electron chi connectivity index (χ0n) is 14.8. The van der Waals surface area contributed by atoms with E-state index in [4.69, 9.17) is 4.74 Å². The summed E-state index contributed by atoms with van der Waals surface area (Å²) in [7, 11) is 2.10. The summed E-state index contributed by atoms with van der Waals surface area (Å²) in [5.41, 5.74) is 4.01. The fourth-order valence-corrected chi connectivity index (χ4v) is 3.76. The quantitative estimate of drug-likeness (QED) is 0.733. The highest BCUT2D eigenvalue weighted by Crippen LogP contribution is 2.21. The van der Waals surface area contributed by atoms with Gasteiger partial charge in [0.05, 0.1) is 13.2 Å². The average molecular weight is 335 g/mol. The Morgan fingerprint density at radius 3 is 2.88 bits per heavy atom. The van der Waals surface area contributed by atoms with Crippen LogP contribution in [0.15, 0.2) is 55.0 Å². The van der Waals surface area contributed by atoms with Crippen molar-refractivity contribution in [3.8, 4) is 0 Å². The van der Waals surface area contributed by atoms with Crippen molar-refractivity contribution in [3.63, 3.8) is 0 Å². The molecule has 1 saturated heterocycles. The molecule has 0 aliphatic carbocycles. The van der Waals surface area contributed by atoms with Crippen molar-refractivity contribution in [2.24, 2.45) is 13.0 Å². The van der Waals surface area contributed by atoms with Gasteiger partial charge in [0, 0.05) is 50.8 Å². The smallest absolute Gasteiger partial charge is 0.0593 e. The molecular weight excluding hydrogens is 310 g/mol. The molecule has 130 valence electrons. The van der Waals surface area contributed by atoms with E-state index in [0.29, 0.717) is 5.92 Å². The van der Waals surface area contributed by atoms with E-state index in [2.05, 4.69) is 64.1 Å². The van der Waals surface area contributed by atoms with Crippen molar-refractivity contribution < 1.29 is 4.74 Å². The molecule has 4 nitrogen and oxygen atoms in total. The van der Waals surface area contributed by atoms with Gasteiger partial charge >= 0.3 is 0 Å². The van der Waals surface area contributed by atoms with Gasteiger partial charge in [0.2, 0.25) is 0 Å². The second kappa shape index (κ2) is 7.38. The van der Waals surface area contributed by atoms with Crippen LogP contribution in [0.5, 0.6) is 0 Å². The van der Waals surface area contributed by atoms with Gasteiger partial charge in [0.15, 0.2) is 0 Å². The van der Waals surface area contributed by atoms with Gasteiger partial charge < -0.3 is 9.30 Å². The minimum atomic E-state index is 0.533. The monoisotopic (exact) mass is 335 g/mol. The summed E-state index contributed by atoms with van der Waals surface area (Å²) in [6, 6.07) is 13.2. The first-order valence-electron chi connectivity index (χ1n) is 9.01. The molecular formula is C21H25N3O. The van der Waals surface area contributed by atoms with Crippen molar-refractivity contribution >= 4 is 10.9 Å². The summed E-state index contributed by atoms with van der Waals surface area (Å²) in [4.78, 5) is 6.62. The topological polar surface area (TPSA) is 30.3 Å². The van der Waals surface area contributed by atoms with Crippen molar-refractivity contribution in [2.45, 2.75) is 13.0 Å². The highest BCUT2D eigenvalue weighted by atomic mass is 16.5. The predicted octanol–water partition coefficient (Wildman–Crippen LogP) is 3.26. The highest BCUT2D eigenvalue weighted by molar-refractivity contribution is 5.80. The zero-order chi connectivity index (χ0) is 17.1. The molecule has 0 spiro atoms. The predicted molar refractivity (Wildman–Crippen MR) is 100 cm³/mol. The second-order valence-corrected chi connectivity index (χ2v) is 7.06. The van der Waals surface area contributed by atoms with E-state index in [9.17, 15) is 0 Å². The number of benzene rings is 1. The van der Waals surface area contributed by atoms with Crippen molar-refractivity contribution in [3.05, 3.63) is 66.1 Å². The van der Waals surface area contributed by atoms with Crippen molar-refractivity contribution in [2.75, 3.05) is 26.3 Å². The highest BCUT2D eigenvalue weighted by Gasteiger charge is 2.19. The van der Waals surface area contributed by atoms with E-state index < -0.39 is 0 Å². The number of hydrogen-bond donors (Lipinski definition) is 0. The number of rotatable bonds is 4. The minimum Gasteiger partial charge on any atom is -0.380 e. The number of fused-ring (bicyclic) bond motifs is 1. The average Bonchev–Trinajstić information content (AvgIpc) is 2.85. The molecule has 0 amide bonds. The molecule has 2 aromatic heterocycles. The van der Waals surface area contributed by atoms with Crippen LogP contribution in [-0.2, 0) is 24.8 Å². The molecule has 0 radical (unpaired) electrons. The van der Waals surface area contributed by atoms with Crippen molar-refractivity contribution in [1.82, 2.24) is 14.5 Å². The van der Waals surface area contributed by atoms with Crippen molar-refractivity contribution in [1.29, 1.82) is 0 Å². The van der Waals surface area contributed by atoms with Crippen LogP contribution < -0.4 is 0 Å². The Morgan fingerprint density at radius 1 is 1.12 bits per heavy atom. The number of nitrogens with zero attached hydrogens (tertiary/aromatic N) is 3. The lowest BCUT2D eigenvalue weighted by atomic mass is 9.98. The second-order valence-electron chi connectivity index (χ2n) is 7.06. The van der Waals surface area contributed by atoms with Crippen LogP contribution in [0.3, 0.4) is 0 Å². The van der Waals surface area contributed by atoms with Gasteiger partial charge in [-0.15, -0.1) is 0 Å². The number of hydrogen-bond acceptors (Lipinski definition) is 3. The van der Waals surface area contributed by atoms with E-state index in [-0.39, 0.29) is 0 Å². The molecule has 4 rings (SSSR count). The van der Waals surface area contributed by atoms with Crippen LogP contribution in [0.25, 0.3) is 10.9 Å². The lowest BCUT2D eigenvalue weighted by Crippen LogP contribution is -2.30. The van der Waals surface area contributed by atoms with Gasteiger partial charge in [0.25, 0.3) is 0 Å². The number of ether oxygens (including phenoxy) is 1. The summed E-state index contributed by atoms with van der Waals surface area (Å²) in [6.45, 7) is 4.71. The normalized spacial score (nSPS) is 19.2. The third kappa shape index (κ3) is 3.91. The SMILES string of the molecule is Cn1ccc2cc(C[C@H]3COCCN(Cc4ccncc4)C3)ccc21. The van der Waals surface area contributed by atoms with E-state index >= 15 is 0 Å². The molecule has 1 fully saturated rings. The van der Waals surface area contributed by atoms with E-state index in [1.54, 1.807) is 0 Å². The zero-order valence-corrected chi connectivity index (χ0v) is 14.8. The van der Waals surface area contributed by atoms with Crippen LogP contribution in [0.2, 0.25) is 0 Å². The van der Waals surface area contributed by atoms with Gasteiger partial charge in [-0.05, 0) is 59.2 Å². The summed E-state index contributed by atoms with van der Waals surface area (Å²) in [5, 5.41) is 1.32. The Kier molecular flexibility index (Phi) is 4.81. The van der Waals surface area contributed by atoms with Gasteiger partial charge in [-0.1, -0.05) is 6.07 Å². The fraction of sp³-hybridized carbons (Fsp3) is 0.381. The first kappa shape index (κ1) is 16.3. The van der Waals surface area contributed by atoms with Gasteiger partial charge in [-0.2, -0.15) is 0 Å². The third-order valence-corrected chi connectivity index (χ3v) is 5.05. The molecule has 1 aliphatic heterocycles. The van der Waals surface area contributed by atoms with Crippen LogP contribution in [0.1, 0.15) is 11.1 Å². The van der Waals surface area contributed by atoms with E-state index in [0.717, 1.165) is 39.3 Å². The Bertz CT molecular complexity index is 828. The summed E-state index contributed by atoms with van der Waals surface area (Å²) < 4.78 is 8.05. The van der Waals surface area contributed by atoms with Crippen LogP contribution >= 0.6 is 0 Å². The Morgan fingerprint density at radius 2 is 2.00 bits per heavy atom. The first-order chi connectivity index (χ1) is 12.3. The first-order valence-corrected chi connectivity index (χ1v) is 9.01. The molecule has 0 unspecified atom stereocenters. The lowest BCUT2D eigenvalue weighted by Gasteiger charge is -2.23. The molecule has 0 N–H and O–H groups in total. The van der Waals surface area contributed by atoms with Gasteiger partial charge in [-0.25, -0.2) is 0 Å². The minimum absolute atomic E-state index is 0.533. The Labute approximate surface area is 149 Å². The maximum atomic E-state index is 5.88. The standard InChI is InChI=1S/C21H25N3O/c1-23-9-6-20-13-18(2-3-21(20)23)12-19-15-24(10-11-25-16-19)14-17-4-7-22-8-5-17/h2-9,13,19H,10-12,14-16H2,1H3/t19-/m1/s1. The van der Waals surface area contributed by atoms with Gasteiger partial charge in [0.1, 0.15) is 0 Å². The maximum Gasteiger partial charge on any atom is 0.0593 e. The number of pyridine rings is 1. The fourth-order valence-electron chi connectivity index (χ4n) is 3.76. The molecule has 1 atom stereocenters. The van der Waals surface area contributed by atoms with E-state index in [1.165, 1.54) is 22.0 Å². The summed E-state index contributed by atoms with van der Waals surface area (Å²) in [5.74, 6) is 0.533. The van der Waals surface area contributed by atoms with Gasteiger partial charge in [-0.3, -0.25) is 9.88 Å². The molecule has 4 heteroatoms. The maximum absolute atomic E-state index is 5.88. The molecule has 0 saturated carbocycles. The molecule has 3 aromatic rings. The third-order valence-electron chi connectivity index (χ3n) is 5.05. The Balaban J connectivity index is 1.44. The molecule has 25 heavy (non-hydrogen) atoms. The lowest BCUT2D eigenvalue weighted by molar-refractivity contribution is 0.121.